The van der Waals surface area contributed by atoms with E-state index >= 15 is 0 Å². The molecule has 5 heteroatoms. The van der Waals surface area contributed by atoms with Crippen LogP contribution in [0.5, 0.6) is 0 Å². The van der Waals surface area contributed by atoms with Gasteiger partial charge in [0.05, 0.1) is 11.7 Å². The minimum atomic E-state index is -0.0999. The maximum absolute atomic E-state index is 11.8. The van der Waals surface area contributed by atoms with E-state index in [1.807, 2.05) is 0 Å². The molecule has 1 aliphatic rings. The maximum Gasteiger partial charge on any atom is 0.292 e. The van der Waals surface area contributed by atoms with Gasteiger partial charge in [-0.1, -0.05) is 5.16 Å². The zero-order valence-electron chi connectivity index (χ0n) is 8.28. The van der Waals surface area contributed by atoms with Crippen LogP contribution < -0.4 is 5.32 Å². The summed E-state index contributed by atoms with van der Waals surface area (Å²) in [7, 11) is 1.78. The largest absolute Gasteiger partial charge is 0.351 e. The van der Waals surface area contributed by atoms with Gasteiger partial charge in [-0.25, -0.2) is 0 Å². The molecular weight excluding hydrogens is 182 g/mol. The summed E-state index contributed by atoms with van der Waals surface area (Å²) in [6.07, 6.45) is 0. The number of carbonyl (C=O) groups is 1. The summed E-state index contributed by atoms with van der Waals surface area (Å²) in [5.74, 6) is 0.217. The Morgan fingerprint density at radius 2 is 2.43 bits per heavy atom. The highest BCUT2D eigenvalue weighted by Crippen LogP contribution is 2.10. The lowest BCUT2D eigenvalue weighted by Crippen LogP contribution is -2.57. The zero-order valence-corrected chi connectivity index (χ0v) is 8.28. The van der Waals surface area contributed by atoms with Gasteiger partial charge in [0, 0.05) is 26.2 Å². The second kappa shape index (κ2) is 3.42. The number of aryl methyl sites for hydroxylation is 1. The van der Waals surface area contributed by atoms with E-state index in [0.29, 0.717) is 5.76 Å². The lowest BCUT2D eigenvalue weighted by Gasteiger charge is -2.34. The first-order valence-corrected chi connectivity index (χ1v) is 4.59. The second-order valence-corrected chi connectivity index (χ2v) is 3.56. The van der Waals surface area contributed by atoms with Gasteiger partial charge in [0.15, 0.2) is 0 Å². The molecule has 0 aromatic carbocycles. The number of aromatic nitrogens is 1. The van der Waals surface area contributed by atoms with Crippen LogP contribution in [0.3, 0.4) is 0 Å². The van der Waals surface area contributed by atoms with E-state index in [9.17, 15) is 4.79 Å². The van der Waals surface area contributed by atoms with Crippen molar-refractivity contribution in [2.75, 3.05) is 20.1 Å². The van der Waals surface area contributed by atoms with E-state index in [-0.39, 0.29) is 11.9 Å². The molecule has 0 atom stereocenters. The predicted molar refractivity (Wildman–Crippen MR) is 50.0 cm³/mol. The summed E-state index contributed by atoms with van der Waals surface area (Å²) in [5.41, 5.74) is 0.730. The molecule has 1 aliphatic heterocycles. The monoisotopic (exact) mass is 195 g/mol. The topological polar surface area (TPSA) is 58.4 Å². The standard InChI is InChI=1S/C9H13N3O2/c1-6-3-8(14-11-6)9(13)12(2)7-4-10-5-7/h3,7,10H,4-5H2,1-2H3. The first kappa shape index (κ1) is 9.21. The lowest BCUT2D eigenvalue weighted by molar-refractivity contribution is 0.0639. The van der Waals surface area contributed by atoms with Gasteiger partial charge in [-0.15, -0.1) is 0 Å². The Hall–Kier alpha value is -1.36. The van der Waals surface area contributed by atoms with Crippen molar-refractivity contribution in [3.05, 3.63) is 17.5 Å². The van der Waals surface area contributed by atoms with E-state index in [4.69, 9.17) is 4.52 Å². The molecule has 14 heavy (non-hydrogen) atoms. The fourth-order valence-corrected chi connectivity index (χ4v) is 1.35. The first-order valence-electron chi connectivity index (χ1n) is 4.59. The molecule has 0 unspecified atom stereocenters. The number of hydrogen-bond donors (Lipinski definition) is 1. The fraction of sp³-hybridized carbons (Fsp3) is 0.556. The van der Waals surface area contributed by atoms with Crippen LogP contribution in [0.2, 0.25) is 0 Å². The highest BCUT2D eigenvalue weighted by molar-refractivity contribution is 5.91. The van der Waals surface area contributed by atoms with Crippen LogP contribution in [0.1, 0.15) is 16.2 Å². The minimum Gasteiger partial charge on any atom is -0.351 e. The van der Waals surface area contributed by atoms with E-state index in [1.54, 1.807) is 24.9 Å². The van der Waals surface area contributed by atoms with E-state index < -0.39 is 0 Å². The van der Waals surface area contributed by atoms with Crippen LogP contribution in [0.25, 0.3) is 0 Å². The molecule has 1 N–H and O–H groups in total. The third kappa shape index (κ3) is 1.50. The number of nitrogens with one attached hydrogen (secondary N) is 1. The molecule has 1 aromatic heterocycles. The molecule has 0 bridgehead atoms. The molecule has 0 radical (unpaired) electrons. The van der Waals surface area contributed by atoms with Crippen LogP contribution in [0.15, 0.2) is 10.6 Å². The van der Waals surface area contributed by atoms with Gasteiger partial charge >= 0.3 is 0 Å². The van der Waals surface area contributed by atoms with Crippen LogP contribution in [-0.4, -0.2) is 42.1 Å². The fourth-order valence-electron chi connectivity index (χ4n) is 1.35. The second-order valence-electron chi connectivity index (χ2n) is 3.56. The van der Waals surface area contributed by atoms with E-state index in [1.165, 1.54) is 0 Å². The molecule has 0 aliphatic carbocycles. The number of amides is 1. The molecule has 1 amide bonds. The lowest BCUT2D eigenvalue weighted by atomic mass is 10.1. The van der Waals surface area contributed by atoms with Crippen molar-refractivity contribution in [2.24, 2.45) is 0 Å². The van der Waals surface area contributed by atoms with Gasteiger partial charge in [-0.3, -0.25) is 4.79 Å². The van der Waals surface area contributed by atoms with Crippen LogP contribution >= 0.6 is 0 Å². The maximum atomic E-state index is 11.8. The summed E-state index contributed by atoms with van der Waals surface area (Å²) >= 11 is 0. The smallest absolute Gasteiger partial charge is 0.292 e. The highest BCUT2D eigenvalue weighted by Gasteiger charge is 2.27. The van der Waals surface area contributed by atoms with Crippen LogP contribution in [-0.2, 0) is 0 Å². The van der Waals surface area contributed by atoms with Crippen LogP contribution in [0.4, 0.5) is 0 Å². The van der Waals surface area contributed by atoms with Gasteiger partial charge in [0.25, 0.3) is 5.91 Å². The van der Waals surface area contributed by atoms with Crippen molar-refractivity contribution in [3.63, 3.8) is 0 Å². The number of carbonyl (C=O) groups excluding carboxylic acids is 1. The van der Waals surface area contributed by atoms with Gasteiger partial charge in [-0.2, -0.15) is 0 Å². The van der Waals surface area contributed by atoms with Crippen molar-refractivity contribution in [2.45, 2.75) is 13.0 Å². The summed E-state index contributed by atoms with van der Waals surface area (Å²) in [6.45, 7) is 3.51. The summed E-state index contributed by atoms with van der Waals surface area (Å²) in [6, 6.07) is 1.94. The highest BCUT2D eigenvalue weighted by atomic mass is 16.5. The molecular formula is C9H13N3O2. The predicted octanol–water partition coefficient (Wildman–Crippen LogP) is 0.0268. The van der Waals surface area contributed by atoms with E-state index in [0.717, 1.165) is 18.8 Å². The Morgan fingerprint density at radius 3 is 2.86 bits per heavy atom. The van der Waals surface area contributed by atoms with Crippen molar-refractivity contribution in [3.8, 4) is 0 Å². The van der Waals surface area contributed by atoms with Crippen molar-refractivity contribution in [1.29, 1.82) is 0 Å². The van der Waals surface area contributed by atoms with Crippen molar-refractivity contribution < 1.29 is 9.32 Å². The Morgan fingerprint density at radius 1 is 1.71 bits per heavy atom. The SMILES string of the molecule is Cc1cc(C(=O)N(C)C2CNC2)on1. The Kier molecular flexibility index (Phi) is 2.25. The number of nitrogens with zero attached hydrogens (tertiary/aromatic N) is 2. The molecule has 5 nitrogen and oxygen atoms in total. The molecule has 76 valence electrons. The Balaban J connectivity index is 2.07. The normalized spacial score (nSPS) is 16.4. The summed E-state index contributed by atoms with van der Waals surface area (Å²) < 4.78 is 4.90. The zero-order chi connectivity index (χ0) is 10.1. The third-order valence-corrected chi connectivity index (χ3v) is 2.47. The van der Waals surface area contributed by atoms with Gasteiger partial charge in [0.1, 0.15) is 0 Å². The van der Waals surface area contributed by atoms with Gasteiger partial charge < -0.3 is 14.7 Å². The summed E-state index contributed by atoms with van der Waals surface area (Å²) in [4.78, 5) is 13.4. The quantitative estimate of drug-likeness (QED) is 0.723. The molecule has 0 saturated carbocycles. The molecule has 2 rings (SSSR count). The molecule has 0 spiro atoms. The summed E-state index contributed by atoms with van der Waals surface area (Å²) in [5, 5.41) is 6.80. The third-order valence-electron chi connectivity index (χ3n) is 2.47. The Labute approximate surface area is 82.1 Å². The molecule has 2 heterocycles. The van der Waals surface area contributed by atoms with Crippen molar-refractivity contribution in [1.82, 2.24) is 15.4 Å². The van der Waals surface area contributed by atoms with Crippen LogP contribution in [0, 0.1) is 6.92 Å². The van der Waals surface area contributed by atoms with Crippen molar-refractivity contribution >= 4 is 5.91 Å². The average molecular weight is 195 g/mol. The number of rotatable bonds is 2. The number of hydrogen-bond acceptors (Lipinski definition) is 4. The van der Waals surface area contributed by atoms with Gasteiger partial charge in [-0.05, 0) is 6.92 Å². The number of likely N-dealkylation sites (N-methyl/N-ethyl adjacent to an activating group) is 1. The van der Waals surface area contributed by atoms with E-state index in [2.05, 4.69) is 10.5 Å². The molecule has 1 fully saturated rings. The molecule has 1 aromatic rings. The molecule has 1 saturated heterocycles. The van der Waals surface area contributed by atoms with Gasteiger partial charge in [0.2, 0.25) is 5.76 Å². The first-order chi connectivity index (χ1) is 6.68. The Bertz CT molecular complexity index is 344. The average Bonchev–Trinajstić information content (AvgIpc) is 2.47. The minimum absolute atomic E-state index is 0.0999.